The minimum Gasteiger partial charge on any atom is -0.459 e. The Morgan fingerprint density at radius 1 is 1.06 bits per heavy atom. The largest absolute Gasteiger partial charge is 0.459 e. The third-order valence-electron chi connectivity index (χ3n) is 7.04. The van der Waals surface area contributed by atoms with E-state index in [9.17, 15) is 18.0 Å². The molecule has 1 N–H and O–H groups in total. The van der Waals surface area contributed by atoms with E-state index in [4.69, 9.17) is 4.74 Å². The zero-order valence-electron chi connectivity index (χ0n) is 21.2. The number of hydrogen-bond donors (Lipinski definition) is 1. The van der Waals surface area contributed by atoms with Crippen LogP contribution in [0.15, 0.2) is 35.2 Å². The summed E-state index contributed by atoms with van der Waals surface area (Å²) in [5.41, 5.74) is -0.442. The standard InChI is InChI=1S/C25H40N3O5PS/c1-24(2,3)33-23(30)21(26-35(31,32)20-7-5-4-6-8-20)9-10-22(29)28-17-13-25(14-18-28)11-15-27(19-34)16-12-25/h4-8,21,26H,9-19,34H2,1-3H3. The van der Waals surface area contributed by atoms with Crippen LogP contribution in [0.4, 0.5) is 0 Å². The van der Waals surface area contributed by atoms with E-state index in [0.29, 0.717) is 18.5 Å². The van der Waals surface area contributed by atoms with Gasteiger partial charge in [0.05, 0.1) is 4.90 Å². The molecule has 1 aromatic rings. The Labute approximate surface area is 212 Å². The van der Waals surface area contributed by atoms with Crippen molar-refractivity contribution in [3.05, 3.63) is 30.3 Å². The number of ether oxygens (including phenoxy) is 1. The first-order valence-electron chi connectivity index (χ1n) is 12.4. The lowest BCUT2D eigenvalue weighted by atomic mass is 9.71. The number of nitrogens with one attached hydrogen (secondary N) is 1. The number of carbonyl (C=O) groups is 2. The third kappa shape index (κ3) is 7.97. The first-order chi connectivity index (χ1) is 16.4. The molecule has 196 valence electrons. The van der Waals surface area contributed by atoms with Crippen molar-refractivity contribution in [1.29, 1.82) is 0 Å². The van der Waals surface area contributed by atoms with Crippen molar-refractivity contribution in [1.82, 2.24) is 14.5 Å². The molecule has 2 saturated heterocycles. The van der Waals surface area contributed by atoms with E-state index < -0.39 is 27.6 Å². The van der Waals surface area contributed by atoms with Crippen molar-refractivity contribution in [2.75, 3.05) is 32.5 Å². The van der Waals surface area contributed by atoms with Crippen LogP contribution in [0.5, 0.6) is 0 Å². The topological polar surface area (TPSA) is 96.0 Å². The smallest absolute Gasteiger partial charge is 0.324 e. The molecule has 3 rings (SSSR count). The summed E-state index contributed by atoms with van der Waals surface area (Å²) in [7, 11) is -1.15. The number of rotatable bonds is 8. The number of piperidine rings is 2. The van der Waals surface area contributed by atoms with Gasteiger partial charge in [0.2, 0.25) is 15.9 Å². The van der Waals surface area contributed by atoms with Crippen molar-refractivity contribution in [3.63, 3.8) is 0 Å². The second kappa shape index (κ2) is 11.7. The molecular weight excluding hydrogens is 485 g/mol. The van der Waals surface area contributed by atoms with Crippen LogP contribution >= 0.6 is 9.24 Å². The number of amides is 1. The van der Waals surface area contributed by atoms with E-state index in [1.165, 1.54) is 25.0 Å². The highest BCUT2D eigenvalue weighted by molar-refractivity contribution is 7.89. The molecule has 1 spiro atoms. The van der Waals surface area contributed by atoms with Gasteiger partial charge in [-0.15, -0.1) is 9.24 Å². The van der Waals surface area contributed by atoms with Crippen molar-refractivity contribution in [2.45, 2.75) is 75.8 Å². The number of hydrogen-bond acceptors (Lipinski definition) is 6. The third-order valence-corrected chi connectivity index (χ3v) is 9.04. The van der Waals surface area contributed by atoms with Crippen molar-refractivity contribution < 1.29 is 22.7 Å². The van der Waals surface area contributed by atoms with Crippen LogP contribution in [0.3, 0.4) is 0 Å². The number of nitrogens with zero attached hydrogens (tertiary/aromatic N) is 2. The molecule has 0 aliphatic carbocycles. The van der Waals surface area contributed by atoms with Gasteiger partial charge in [-0.3, -0.25) is 14.5 Å². The Balaban J connectivity index is 1.59. The predicted molar refractivity (Wildman–Crippen MR) is 139 cm³/mol. The van der Waals surface area contributed by atoms with Gasteiger partial charge >= 0.3 is 5.97 Å². The summed E-state index contributed by atoms with van der Waals surface area (Å²) in [5.74, 6) is -0.724. The van der Waals surface area contributed by atoms with Crippen molar-refractivity contribution in [3.8, 4) is 0 Å². The van der Waals surface area contributed by atoms with Gasteiger partial charge in [-0.2, -0.15) is 4.72 Å². The molecule has 0 bridgehead atoms. The number of benzene rings is 1. The van der Waals surface area contributed by atoms with Crippen LogP contribution < -0.4 is 4.72 Å². The molecule has 8 nitrogen and oxygen atoms in total. The van der Waals surface area contributed by atoms with E-state index in [1.54, 1.807) is 39.0 Å². The fourth-order valence-electron chi connectivity index (χ4n) is 4.82. The van der Waals surface area contributed by atoms with Crippen LogP contribution in [0.2, 0.25) is 0 Å². The van der Waals surface area contributed by atoms with Crippen LogP contribution in [0.25, 0.3) is 0 Å². The minimum absolute atomic E-state index is 0.0462. The molecule has 2 aliphatic heterocycles. The quantitative estimate of drug-likeness (QED) is 0.414. The first-order valence-corrected chi connectivity index (χ1v) is 14.7. The molecule has 2 unspecified atom stereocenters. The number of likely N-dealkylation sites (tertiary alicyclic amines) is 2. The Hall–Kier alpha value is -1.54. The average Bonchev–Trinajstić information content (AvgIpc) is 2.82. The van der Waals surface area contributed by atoms with E-state index >= 15 is 0 Å². The first kappa shape index (κ1) is 28.0. The summed E-state index contributed by atoms with van der Waals surface area (Å²) in [6, 6.07) is 6.75. The SMILES string of the molecule is CC(C)(C)OC(=O)C(CCC(=O)N1CCC2(CCN(CP)CC2)CC1)NS(=O)(=O)c1ccccc1. The van der Waals surface area contributed by atoms with Gasteiger partial charge in [0.1, 0.15) is 11.6 Å². The van der Waals surface area contributed by atoms with Crippen LogP contribution in [-0.4, -0.2) is 74.2 Å². The molecule has 1 amide bonds. The molecule has 1 aromatic carbocycles. The van der Waals surface area contributed by atoms with Crippen molar-refractivity contribution >= 4 is 31.1 Å². The zero-order valence-corrected chi connectivity index (χ0v) is 23.1. The Bertz CT molecular complexity index is 963. The molecule has 10 heteroatoms. The lowest BCUT2D eigenvalue weighted by Crippen LogP contribution is -2.48. The summed E-state index contributed by atoms with van der Waals surface area (Å²) >= 11 is 0. The van der Waals surface area contributed by atoms with Gasteiger partial charge in [0.15, 0.2) is 0 Å². The molecule has 0 aromatic heterocycles. The van der Waals surface area contributed by atoms with Gasteiger partial charge in [-0.25, -0.2) is 8.42 Å². The van der Waals surface area contributed by atoms with Gasteiger partial charge in [0.25, 0.3) is 0 Å². The van der Waals surface area contributed by atoms with Gasteiger partial charge in [-0.05, 0) is 83.5 Å². The molecule has 2 aliphatic rings. The van der Waals surface area contributed by atoms with Gasteiger partial charge in [-0.1, -0.05) is 18.2 Å². The summed E-state index contributed by atoms with van der Waals surface area (Å²) in [6.45, 7) is 8.83. The van der Waals surface area contributed by atoms with E-state index in [0.717, 1.165) is 32.2 Å². The monoisotopic (exact) mass is 525 g/mol. The molecular formula is C25H40N3O5PS. The second-order valence-corrected chi connectivity index (χ2v) is 12.8. The van der Waals surface area contributed by atoms with E-state index in [-0.39, 0.29) is 23.6 Å². The maximum absolute atomic E-state index is 13.0. The van der Waals surface area contributed by atoms with Crippen LogP contribution in [0.1, 0.15) is 59.3 Å². The van der Waals surface area contributed by atoms with Crippen molar-refractivity contribution in [2.24, 2.45) is 5.41 Å². The normalized spacial score (nSPS) is 19.9. The lowest BCUT2D eigenvalue weighted by molar-refractivity contribution is -0.157. The highest BCUT2D eigenvalue weighted by Crippen LogP contribution is 2.41. The van der Waals surface area contributed by atoms with Gasteiger partial charge in [0, 0.05) is 25.8 Å². The predicted octanol–water partition coefficient (Wildman–Crippen LogP) is 2.99. The summed E-state index contributed by atoms with van der Waals surface area (Å²) in [5, 5.41) is 0. The summed E-state index contributed by atoms with van der Waals surface area (Å²) in [6.07, 6.45) is 5.48. The second-order valence-electron chi connectivity index (χ2n) is 10.7. The molecule has 35 heavy (non-hydrogen) atoms. The fourth-order valence-corrected chi connectivity index (χ4v) is 6.42. The Morgan fingerprint density at radius 3 is 2.17 bits per heavy atom. The number of esters is 1. The maximum Gasteiger partial charge on any atom is 0.324 e. The average molecular weight is 526 g/mol. The molecule has 2 atom stereocenters. The zero-order chi connectivity index (χ0) is 25.7. The molecule has 0 radical (unpaired) electrons. The number of sulfonamides is 1. The van der Waals surface area contributed by atoms with E-state index in [2.05, 4.69) is 18.9 Å². The van der Waals surface area contributed by atoms with Gasteiger partial charge < -0.3 is 9.64 Å². The fraction of sp³-hybridized carbons (Fsp3) is 0.680. The summed E-state index contributed by atoms with van der Waals surface area (Å²) in [4.78, 5) is 30.2. The van der Waals surface area contributed by atoms with E-state index in [1.807, 2.05) is 4.90 Å². The minimum atomic E-state index is -3.94. The summed E-state index contributed by atoms with van der Waals surface area (Å²) < 4.78 is 33.6. The van der Waals surface area contributed by atoms with Crippen LogP contribution in [-0.2, 0) is 24.3 Å². The molecule has 2 fully saturated rings. The Kier molecular flexibility index (Phi) is 9.35. The molecule has 2 heterocycles. The highest BCUT2D eigenvalue weighted by Gasteiger charge is 2.38. The molecule has 0 saturated carbocycles. The van der Waals surface area contributed by atoms with Crippen LogP contribution in [0, 0.1) is 5.41 Å². The maximum atomic E-state index is 13.0. The Morgan fingerprint density at radius 2 is 1.63 bits per heavy atom. The highest BCUT2D eigenvalue weighted by atomic mass is 32.2. The number of carbonyl (C=O) groups excluding carboxylic acids is 2. The lowest BCUT2D eigenvalue weighted by Gasteiger charge is -2.46.